The van der Waals surface area contributed by atoms with Crippen LogP contribution in [0.2, 0.25) is 0 Å². The molecule has 5 heteroatoms. The first-order valence-corrected chi connectivity index (χ1v) is 20.9. The van der Waals surface area contributed by atoms with Gasteiger partial charge in [-0.2, -0.15) is 0 Å². The summed E-state index contributed by atoms with van der Waals surface area (Å²) in [4.78, 5) is 0. The van der Waals surface area contributed by atoms with Crippen LogP contribution in [0.15, 0.2) is 203 Å². The Morgan fingerprint density at radius 2 is 0.698 bits per heavy atom. The van der Waals surface area contributed by atoms with Gasteiger partial charge in [-0.05, 0) is 57.3 Å². The summed E-state index contributed by atoms with van der Waals surface area (Å²) in [5.41, 5.74) is 12.5. The van der Waals surface area contributed by atoms with E-state index in [1.807, 2.05) is 36.4 Å². The molecule has 0 aliphatic heterocycles. The van der Waals surface area contributed by atoms with Gasteiger partial charge in [0.25, 0.3) is 0 Å². The Kier molecular flexibility index (Phi) is 14.6. The molecule has 312 valence electrons. The summed E-state index contributed by atoms with van der Waals surface area (Å²) in [6, 6.07) is 68.6. The van der Waals surface area contributed by atoms with Crippen molar-refractivity contribution in [1.29, 1.82) is 0 Å². The van der Waals surface area contributed by atoms with Gasteiger partial charge in [0, 0.05) is 11.1 Å². The molecule has 2 heterocycles. The molecular formula is C58H50Cl2HfO2. The van der Waals surface area contributed by atoms with Crippen LogP contribution in [-0.2, 0) is 36.7 Å². The van der Waals surface area contributed by atoms with Crippen molar-refractivity contribution in [2.75, 3.05) is 0 Å². The molecule has 8 aromatic carbocycles. The number of furan rings is 2. The second kappa shape index (κ2) is 19.5. The zero-order chi connectivity index (χ0) is 41.4. The minimum atomic E-state index is 0. The van der Waals surface area contributed by atoms with Crippen molar-refractivity contribution < 1.29 is 59.5 Å². The standard InChI is InChI=1S/2C29H25O.2ClH.Hf/c2*1-29(2,3)24-14-12-20(13-15-24)25-11-7-10-22-18-23(19-26(22)25)28-17-16-27(30-28)21-8-5-4-6-9-21;;;/h2*4-19H,1-3H3;2*1H;/q2*-1;;;+4/p-2. The van der Waals surface area contributed by atoms with Gasteiger partial charge in [0.1, 0.15) is 11.5 Å². The van der Waals surface area contributed by atoms with Gasteiger partial charge in [-0.25, -0.2) is 0 Å². The molecule has 10 aromatic rings. The number of hydrogen-bond donors (Lipinski definition) is 0. The number of benzene rings is 6. The van der Waals surface area contributed by atoms with E-state index in [9.17, 15) is 0 Å². The summed E-state index contributed by atoms with van der Waals surface area (Å²) in [5, 5.41) is 4.99. The van der Waals surface area contributed by atoms with Gasteiger partial charge >= 0.3 is 25.8 Å². The summed E-state index contributed by atoms with van der Waals surface area (Å²) in [6.45, 7) is 13.5. The molecule has 0 unspecified atom stereocenters. The summed E-state index contributed by atoms with van der Waals surface area (Å²) < 4.78 is 12.4. The van der Waals surface area contributed by atoms with Crippen molar-refractivity contribution in [3.05, 3.63) is 205 Å². The second-order valence-electron chi connectivity index (χ2n) is 17.8. The van der Waals surface area contributed by atoms with Gasteiger partial charge in [0.15, 0.2) is 0 Å². The summed E-state index contributed by atoms with van der Waals surface area (Å²) in [7, 11) is 0. The summed E-state index contributed by atoms with van der Waals surface area (Å²) in [5.74, 6) is 3.60. The third kappa shape index (κ3) is 10.2. The van der Waals surface area contributed by atoms with Crippen LogP contribution in [-0.4, -0.2) is 0 Å². The molecule has 0 spiro atoms. The molecule has 0 saturated heterocycles. The minimum Gasteiger partial charge on any atom is -1.00 e. The predicted octanol–water partition coefficient (Wildman–Crippen LogP) is 10.9. The Labute approximate surface area is 403 Å². The van der Waals surface area contributed by atoms with Gasteiger partial charge in [0.05, 0.1) is 11.5 Å². The number of rotatable bonds is 6. The quantitative estimate of drug-likeness (QED) is 0.123. The van der Waals surface area contributed by atoms with E-state index in [0.717, 1.165) is 45.3 Å². The maximum Gasteiger partial charge on any atom is 4.00 e. The molecule has 63 heavy (non-hydrogen) atoms. The summed E-state index contributed by atoms with van der Waals surface area (Å²) >= 11 is 0. The molecule has 0 N–H and O–H groups in total. The zero-order valence-corrected chi connectivity index (χ0v) is 41.7. The first-order chi connectivity index (χ1) is 29.0. The van der Waals surface area contributed by atoms with E-state index >= 15 is 0 Å². The van der Waals surface area contributed by atoms with Crippen molar-refractivity contribution >= 4 is 21.5 Å². The Balaban J connectivity index is 0.000000200. The first-order valence-electron chi connectivity index (χ1n) is 20.9. The van der Waals surface area contributed by atoms with Gasteiger partial charge in [-0.15, -0.1) is 57.9 Å². The number of halogens is 2. The molecule has 10 rings (SSSR count). The molecule has 0 bridgehead atoms. The minimum absolute atomic E-state index is 0. The molecule has 0 radical (unpaired) electrons. The summed E-state index contributed by atoms with van der Waals surface area (Å²) in [6.07, 6.45) is 0. The van der Waals surface area contributed by atoms with Crippen molar-refractivity contribution in [1.82, 2.24) is 0 Å². The van der Waals surface area contributed by atoms with E-state index in [1.165, 1.54) is 54.9 Å². The van der Waals surface area contributed by atoms with Crippen LogP contribution in [0.4, 0.5) is 0 Å². The average Bonchev–Trinajstić information content (AvgIpc) is 4.10. The van der Waals surface area contributed by atoms with Crippen LogP contribution >= 0.6 is 0 Å². The molecule has 0 aliphatic carbocycles. The van der Waals surface area contributed by atoms with Crippen LogP contribution < -0.4 is 24.8 Å². The topological polar surface area (TPSA) is 26.3 Å². The molecule has 0 aliphatic rings. The van der Waals surface area contributed by atoms with Crippen molar-refractivity contribution in [3.63, 3.8) is 0 Å². The van der Waals surface area contributed by atoms with E-state index < -0.39 is 0 Å². The Hall–Kier alpha value is -5.45. The largest absolute Gasteiger partial charge is 4.00 e. The fraction of sp³-hybridized carbons (Fsp3) is 0.138. The molecule has 2 aromatic heterocycles. The maximum atomic E-state index is 6.18. The van der Waals surface area contributed by atoms with E-state index in [0.29, 0.717) is 0 Å². The zero-order valence-electron chi connectivity index (χ0n) is 36.5. The monoisotopic (exact) mass is 1030 g/mol. The fourth-order valence-electron chi connectivity index (χ4n) is 8.06. The van der Waals surface area contributed by atoms with Crippen molar-refractivity contribution in [2.45, 2.75) is 52.4 Å². The maximum absolute atomic E-state index is 6.18. The van der Waals surface area contributed by atoms with E-state index in [1.54, 1.807) is 0 Å². The van der Waals surface area contributed by atoms with E-state index in [-0.39, 0.29) is 61.5 Å². The van der Waals surface area contributed by atoms with Crippen LogP contribution in [0, 0.1) is 0 Å². The molecule has 2 nitrogen and oxygen atoms in total. The molecule has 0 atom stereocenters. The molecule has 0 amide bonds. The molecule has 0 saturated carbocycles. The molecular weight excluding hydrogens is 978 g/mol. The van der Waals surface area contributed by atoms with Gasteiger partial charge < -0.3 is 33.6 Å². The third-order valence-corrected chi connectivity index (χ3v) is 11.5. The number of fused-ring (bicyclic) bond motifs is 2. The van der Waals surface area contributed by atoms with Crippen LogP contribution in [0.25, 0.3) is 89.1 Å². The first kappa shape index (κ1) is 47.0. The second-order valence-corrected chi connectivity index (χ2v) is 17.8. The van der Waals surface area contributed by atoms with Crippen molar-refractivity contribution in [3.8, 4) is 67.5 Å². The average molecular weight is 1030 g/mol. The Bertz CT molecular complexity index is 2810. The van der Waals surface area contributed by atoms with Crippen molar-refractivity contribution in [2.24, 2.45) is 0 Å². The third-order valence-electron chi connectivity index (χ3n) is 11.5. The van der Waals surface area contributed by atoms with Gasteiger partial charge in [-0.1, -0.05) is 197 Å². The van der Waals surface area contributed by atoms with Gasteiger partial charge in [0.2, 0.25) is 0 Å². The van der Waals surface area contributed by atoms with Gasteiger partial charge in [-0.3, -0.25) is 0 Å². The van der Waals surface area contributed by atoms with E-state index in [4.69, 9.17) is 8.83 Å². The fourth-order valence-corrected chi connectivity index (χ4v) is 8.06. The SMILES string of the molecule is CC(C)(C)c1ccc(-c2cccc3[cH-]c(-c4ccc(-c5ccccc5)o4)cc23)cc1.CC(C)(C)c1ccc(-c2cccc3[cH-]c(-c4ccc(-c5ccccc5)o4)cc23)cc1.[Cl-].[Cl-].[Hf+4]. The smallest absolute Gasteiger partial charge is 1.00 e. The van der Waals surface area contributed by atoms with Crippen LogP contribution in [0.5, 0.6) is 0 Å². The number of hydrogen-bond acceptors (Lipinski definition) is 2. The van der Waals surface area contributed by atoms with Crippen LogP contribution in [0.1, 0.15) is 52.7 Å². The normalized spacial score (nSPS) is 11.3. The Morgan fingerprint density at radius 1 is 0.349 bits per heavy atom. The Morgan fingerprint density at radius 3 is 1.05 bits per heavy atom. The predicted molar refractivity (Wildman–Crippen MR) is 254 cm³/mol. The van der Waals surface area contributed by atoms with E-state index in [2.05, 4.69) is 199 Å². The molecule has 0 fully saturated rings. The van der Waals surface area contributed by atoms with Crippen LogP contribution in [0.3, 0.4) is 0 Å².